The van der Waals surface area contributed by atoms with Crippen LogP contribution in [0.25, 0.3) is 0 Å². The van der Waals surface area contributed by atoms with Gasteiger partial charge >= 0.3 is 0 Å². The second-order valence-electron chi connectivity index (χ2n) is 3.65. The monoisotopic (exact) mass is 208 g/mol. The number of nitrogens with one attached hydrogen (secondary N) is 2. The van der Waals surface area contributed by atoms with E-state index in [4.69, 9.17) is 0 Å². The summed E-state index contributed by atoms with van der Waals surface area (Å²) < 4.78 is 1.95. The highest BCUT2D eigenvalue weighted by molar-refractivity contribution is 5.75. The van der Waals surface area contributed by atoms with Crippen molar-refractivity contribution in [2.24, 2.45) is 0 Å². The fraction of sp³-hybridized carbons (Fsp3) is 0.600. The number of hydrogen-bond acceptors (Lipinski definition) is 3. The highest BCUT2D eigenvalue weighted by Gasteiger charge is 2.15. The number of fused-ring (bicyclic) bond motifs is 1. The molecule has 1 aliphatic heterocycles. The predicted octanol–water partition coefficient (Wildman–Crippen LogP) is -0.335. The van der Waals surface area contributed by atoms with Gasteiger partial charge in [-0.3, -0.25) is 4.79 Å². The third-order valence-corrected chi connectivity index (χ3v) is 2.55. The van der Waals surface area contributed by atoms with Crippen molar-refractivity contribution in [2.75, 3.05) is 13.1 Å². The summed E-state index contributed by atoms with van der Waals surface area (Å²) in [6.07, 6.45) is 2.71. The molecule has 2 N–H and O–H groups in total. The van der Waals surface area contributed by atoms with Crippen molar-refractivity contribution < 1.29 is 4.79 Å². The van der Waals surface area contributed by atoms with Crippen molar-refractivity contribution in [2.45, 2.75) is 26.4 Å². The lowest BCUT2D eigenvalue weighted by Gasteiger charge is -2.14. The molecule has 0 fully saturated rings. The van der Waals surface area contributed by atoms with E-state index in [2.05, 4.69) is 15.6 Å². The minimum Gasteiger partial charge on any atom is -0.355 e. The first-order chi connectivity index (χ1) is 7.31. The van der Waals surface area contributed by atoms with Crippen LogP contribution < -0.4 is 10.6 Å². The lowest BCUT2D eigenvalue weighted by Crippen LogP contribution is -2.29. The van der Waals surface area contributed by atoms with Gasteiger partial charge in [-0.1, -0.05) is 0 Å². The van der Waals surface area contributed by atoms with Crippen LogP contribution in [0.3, 0.4) is 0 Å². The van der Waals surface area contributed by atoms with Crippen LogP contribution in [-0.2, 0) is 24.3 Å². The summed E-state index contributed by atoms with van der Waals surface area (Å²) >= 11 is 0. The summed E-state index contributed by atoms with van der Waals surface area (Å²) in [7, 11) is 0. The van der Waals surface area contributed by atoms with E-state index in [0.717, 1.165) is 25.2 Å². The first kappa shape index (κ1) is 10.2. The lowest BCUT2D eigenvalue weighted by molar-refractivity contribution is -0.121. The number of aromatic nitrogens is 2. The van der Waals surface area contributed by atoms with Crippen molar-refractivity contribution in [3.8, 4) is 0 Å². The molecule has 5 nitrogen and oxygen atoms in total. The van der Waals surface area contributed by atoms with E-state index < -0.39 is 0 Å². The molecule has 5 heteroatoms. The molecule has 0 saturated heterocycles. The van der Waals surface area contributed by atoms with Crippen molar-refractivity contribution in [3.63, 3.8) is 0 Å². The molecule has 15 heavy (non-hydrogen) atoms. The largest absolute Gasteiger partial charge is 0.355 e. The van der Waals surface area contributed by atoms with E-state index in [1.807, 2.05) is 11.5 Å². The normalized spacial score (nSPS) is 14.7. The number of imidazole rings is 1. The number of hydrogen-bond donors (Lipinski definition) is 2. The highest BCUT2D eigenvalue weighted by Crippen LogP contribution is 2.11. The van der Waals surface area contributed by atoms with Gasteiger partial charge in [0.25, 0.3) is 0 Å². The summed E-state index contributed by atoms with van der Waals surface area (Å²) in [6, 6.07) is 0. The van der Waals surface area contributed by atoms with E-state index in [0.29, 0.717) is 13.1 Å². The van der Waals surface area contributed by atoms with Crippen LogP contribution in [0.5, 0.6) is 0 Å². The first-order valence-electron chi connectivity index (χ1n) is 5.31. The maximum atomic E-state index is 11.4. The Morgan fingerprint density at radius 2 is 2.60 bits per heavy atom. The summed E-state index contributed by atoms with van der Waals surface area (Å²) in [5.41, 5.74) is 2.27. The van der Waals surface area contributed by atoms with Gasteiger partial charge in [-0.25, -0.2) is 4.98 Å². The van der Waals surface area contributed by atoms with Gasteiger partial charge in [0, 0.05) is 31.7 Å². The molecule has 1 amide bonds. The molecule has 0 unspecified atom stereocenters. The number of amides is 1. The van der Waals surface area contributed by atoms with Gasteiger partial charge in [-0.05, 0) is 6.92 Å². The molecular formula is C10H16N4O. The molecule has 0 aromatic carbocycles. The van der Waals surface area contributed by atoms with Crippen molar-refractivity contribution in [1.29, 1.82) is 0 Å². The quantitative estimate of drug-likeness (QED) is 0.715. The van der Waals surface area contributed by atoms with E-state index in [-0.39, 0.29) is 5.91 Å². The zero-order valence-electron chi connectivity index (χ0n) is 8.92. The van der Waals surface area contributed by atoms with Crippen LogP contribution in [0.4, 0.5) is 0 Å². The van der Waals surface area contributed by atoms with Crippen LogP contribution in [-0.4, -0.2) is 28.5 Å². The van der Waals surface area contributed by atoms with E-state index >= 15 is 0 Å². The smallest absolute Gasteiger partial charge is 0.239 e. The minimum atomic E-state index is 0.0521. The number of rotatable bonds is 3. The Kier molecular flexibility index (Phi) is 3.01. The molecule has 2 heterocycles. The van der Waals surface area contributed by atoms with Crippen molar-refractivity contribution >= 4 is 5.91 Å². The third kappa shape index (κ3) is 2.18. The van der Waals surface area contributed by atoms with Crippen molar-refractivity contribution in [3.05, 3.63) is 17.7 Å². The molecule has 0 saturated carbocycles. The predicted molar refractivity (Wildman–Crippen MR) is 56.3 cm³/mol. The van der Waals surface area contributed by atoms with Crippen LogP contribution in [0.1, 0.15) is 18.3 Å². The van der Waals surface area contributed by atoms with Gasteiger partial charge in [0.1, 0.15) is 6.54 Å². The molecular weight excluding hydrogens is 192 g/mol. The molecule has 0 radical (unpaired) electrons. The molecule has 1 aromatic rings. The minimum absolute atomic E-state index is 0.0521. The van der Waals surface area contributed by atoms with Gasteiger partial charge in [-0.2, -0.15) is 0 Å². The Balaban J connectivity index is 2.08. The molecule has 2 rings (SSSR count). The molecule has 0 bridgehead atoms. The summed E-state index contributed by atoms with van der Waals surface area (Å²) in [5.74, 6) is 0.0521. The Bertz CT molecular complexity index is 358. The molecule has 1 aliphatic rings. The van der Waals surface area contributed by atoms with Crippen LogP contribution in [0, 0.1) is 0 Å². The second kappa shape index (κ2) is 4.44. The zero-order chi connectivity index (χ0) is 10.7. The van der Waals surface area contributed by atoms with E-state index in [1.165, 1.54) is 5.69 Å². The fourth-order valence-electron chi connectivity index (χ4n) is 1.84. The number of nitrogens with zero attached hydrogens (tertiary/aromatic N) is 2. The number of carbonyl (C=O) groups excluding carboxylic acids is 1. The van der Waals surface area contributed by atoms with Crippen LogP contribution in [0.2, 0.25) is 0 Å². The number of carbonyl (C=O) groups is 1. The third-order valence-electron chi connectivity index (χ3n) is 2.55. The van der Waals surface area contributed by atoms with Crippen LogP contribution in [0.15, 0.2) is 6.33 Å². The van der Waals surface area contributed by atoms with Gasteiger partial charge in [0.2, 0.25) is 5.91 Å². The second-order valence-corrected chi connectivity index (χ2v) is 3.65. The SMILES string of the molecule is CCNC(=O)Cn1cnc2c1CCNC2. The van der Waals surface area contributed by atoms with Gasteiger partial charge in [0.15, 0.2) is 0 Å². The molecule has 0 spiro atoms. The zero-order valence-corrected chi connectivity index (χ0v) is 8.92. The maximum Gasteiger partial charge on any atom is 0.239 e. The lowest BCUT2D eigenvalue weighted by atomic mass is 10.2. The Morgan fingerprint density at radius 3 is 3.40 bits per heavy atom. The van der Waals surface area contributed by atoms with Gasteiger partial charge < -0.3 is 15.2 Å². The van der Waals surface area contributed by atoms with E-state index in [1.54, 1.807) is 6.33 Å². The van der Waals surface area contributed by atoms with Gasteiger partial charge in [0.05, 0.1) is 12.0 Å². The molecule has 0 atom stereocenters. The van der Waals surface area contributed by atoms with Gasteiger partial charge in [-0.15, -0.1) is 0 Å². The highest BCUT2D eigenvalue weighted by atomic mass is 16.1. The Labute approximate surface area is 88.9 Å². The van der Waals surface area contributed by atoms with E-state index in [9.17, 15) is 4.79 Å². The summed E-state index contributed by atoms with van der Waals surface area (Å²) in [6.45, 7) is 4.77. The first-order valence-corrected chi connectivity index (χ1v) is 5.31. The van der Waals surface area contributed by atoms with Crippen molar-refractivity contribution in [1.82, 2.24) is 20.2 Å². The topological polar surface area (TPSA) is 59.0 Å². The Hall–Kier alpha value is -1.36. The van der Waals surface area contributed by atoms with Crippen LogP contribution >= 0.6 is 0 Å². The standard InChI is InChI=1S/C10H16N4O/c1-2-12-10(15)6-14-7-13-8-5-11-4-3-9(8)14/h7,11H,2-6H2,1H3,(H,12,15). The fourth-order valence-corrected chi connectivity index (χ4v) is 1.84. The summed E-state index contributed by atoms with van der Waals surface area (Å²) in [4.78, 5) is 15.7. The molecule has 0 aliphatic carbocycles. The Morgan fingerprint density at radius 1 is 1.73 bits per heavy atom. The average molecular weight is 208 g/mol. The average Bonchev–Trinajstić information content (AvgIpc) is 2.62. The summed E-state index contributed by atoms with van der Waals surface area (Å²) in [5, 5.41) is 6.04. The molecule has 1 aromatic heterocycles. The number of likely N-dealkylation sites (N-methyl/N-ethyl adjacent to an activating group) is 1. The maximum absolute atomic E-state index is 11.4. The molecule has 82 valence electrons.